The Morgan fingerprint density at radius 1 is 1.29 bits per heavy atom. The van der Waals surface area contributed by atoms with Crippen molar-refractivity contribution in [3.8, 4) is 0 Å². The predicted molar refractivity (Wildman–Crippen MR) is 68.7 cm³/mol. The number of nitrogens with one attached hydrogen (secondary N) is 1. The zero-order valence-corrected chi connectivity index (χ0v) is 10.5. The van der Waals surface area contributed by atoms with E-state index in [1.54, 1.807) is 6.07 Å². The average molecular weight is 271 g/mol. The summed E-state index contributed by atoms with van der Waals surface area (Å²) in [6.45, 7) is 1.88. The van der Waals surface area contributed by atoms with Crippen molar-refractivity contribution < 1.29 is 4.39 Å². The van der Waals surface area contributed by atoms with Crippen LogP contribution in [0, 0.1) is 12.7 Å². The Morgan fingerprint density at radius 2 is 2.06 bits per heavy atom. The molecule has 0 saturated carbocycles. The van der Waals surface area contributed by atoms with E-state index in [1.807, 2.05) is 19.1 Å². The highest BCUT2D eigenvalue weighted by atomic mass is 35.5. The van der Waals surface area contributed by atoms with E-state index in [-0.39, 0.29) is 10.8 Å². The lowest BCUT2D eigenvalue weighted by Gasteiger charge is -2.11. The summed E-state index contributed by atoms with van der Waals surface area (Å²) in [6.07, 6.45) is 1.37. The molecule has 1 aromatic heterocycles. The van der Waals surface area contributed by atoms with Gasteiger partial charge >= 0.3 is 0 Å². The van der Waals surface area contributed by atoms with Crippen molar-refractivity contribution in [2.45, 2.75) is 6.92 Å². The van der Waals surface area contributed by atoms with Gasteiger partial charge in [0.1, 0.15) is 0 Å². The quantitative estimate of drug-likeness (QED) is 0.864. The summed E-state index contributed by atoms with van der Waals surface area (Å²) in [5.41, 5.74) is 1.55. The summed E-state index contributed by atoms with van der Waals surface area (Å²) in [7, 11) is 0. The van der Waals surface area contributed by atoms with Gasteiger partial charge in [-0.25, -0.2) is 9.37 Å². The fraction of sp³-hybridized carbons (Fsp3) is 0.0833. The number of pyridine rings is 1. The number of para-hydroxylation sites is 1. The number of benzene rings is 1. The van der Waals surface area contributed by atoms with Crippen molar-refractivity contribution in [3.63, 3.8) is 0 Å². The topological polar surface area (TPSA) is 24.9 Å². The molecular formula is C12H9Cl2FN2. The van der Waals surface area contributed by atoms with E-state index in [9.17, 15) is 4.39 Å². The highest BCUT2D eigenvalue weighted by Crippen LogP contribution is 2.29. The van der Waals surface area contributed by atoms with Crippen LogP contribution in [0.25, 0.3) is 0 Å². The molecule has 2 rings (SSSR count). The van der Waals surface area contributed by atoms with Gasteiger partial charge in [0.2, 0.25) is 0 Å². The lowest BCUT2D eigenvalue weighted by Crippen LogP contribution is -1.99. The molecule has 5 heteroatoms. The number of hydrogen-bond acceptors (Lipinski definition) is 2. The van der Waals surface area contributed by atoms with Crippen molar-refractivity contribution in [2.75, 3.05) is 5.32 Å². The van der Waals surface area contributed by atoms with Crippen LogP contribution < -0.4 is 5.32 Å². The molecule has 0 aliphatic carbocycles. The van der Waals surface area contributed by atoms with Crippen LogP contribution in [0.4, 0.5) is 15.9 Å². The number of aryl methyl sites for hydroxylation is 1. The molecule has 2 aromatic rings. The standard InChI is InChI=1S/C12H9Cl2FN2/c1-7-3-2-4-9(14)11(7)17-12-10(15)5-8(13)6-16-12/h2-6H,1H3,(H,16,17). The minimum atomic E-state index is -0.517. The number of rotatable bonds is 2. The number of aromatic nitrogens is 1. The van der Waals surface area contributed by atoms with E-state index in [0.29, 0.717) is 10.7 Å². The Labute approximate surface area is 108 Å². The second kappa shape index (κ2) is 4.90. The predicted octanol–water partition coefficient (Wildman–Crippen LogP) is 4.58. The minimum Gasteiger partial charge on any atom is -0.336 e. The highest BCUT2D eigenvalue weighted by molar-refractivity contribution is 6.33. The van der Waals surface area contributed by atoms with E-state index in [1.165, 1.54) is 12.3 Å². The van der Waals surface area contributed by atoms with Gasteiger partial charge in [-0.05, 0) is 24.6 Å². The largest absolute Gasteiger partial charge is 0.336 e. The minimum absolute atomic E-state index is 0.102. The van der Waals surface area contributed by atoms with Crippen molar-refractivity contribution in [2.24, 2.45) is 0 Å². The molecule has 1 aromatic carbocycles. The van der Waals surface area contributed by atoms with Gasteiger partial charge in [0, 0.05) is 6.20 Å². The Morgan fingerprint density at radius 3 is 2.71 bits per heavy atom. The molecule has 0 spiro atoms. The third-order valence-corrected chi connectivity index (χ3v) is 2.79. The number of nitrogens with zero attached hydrogens (tertiary/aromatic N) is 1. The van der Waals surface area contributed by atoms with Crippen molar-refractivity contribution in [3.05, 3.63) is 51.9 Å². The number of anilines is 2. The van der Waals surface area contributed by atoms with E-state index >= 15 is 0 Å². The first-order valence-corrected chi connectivity index (χ1v) is 5.66. The summed E-state index contributed by atoms with van der Waals surface area (Å²) < 4.78 is 13.5. The van der Waals surface area contributed by atoms with Crippen LogP contribution in [-0.2, 0) is 0 Å². The van der Waals surface area contributed by atoms with Crippen LogP contribution in [0.3, 0.4) is 0 Å². The molecule has 1 N–H and O–H groups in total. The van der Waals surface area contributed by atoms with E-state index in [0.717, 1.165) is 5.56 Å². The van der Waals surface area contributed by atoms with Crippen LogP contribution in [0.15, 0.2) is 30.5 Å². The SMILES string of the molecule is Cc1cccc(Cl)c1Nc1ncc(Cl)cc1F. The first-order chi connectivity index (χ1) is 8.08. The van der Waals surface area contributed by atoms with Crippen LogP contribution in [0.2, 0.25) is 10.0 Å². The molecule has 0 bridgehead atoms. The molecule has 88 valence electrons. The van der Waals surface area contributed by atoms with E-state index in [4.69, 9.17) is 23.2 Å². The van der Waals surface area contributed by atoms with Crippen molar-refractivity contribution in [1.29, 1.82) is 0 Å². The Balaban J connectivity index is 2.38. The van der Waals surface area contributed by atoms with Crippen LogP contribution >= 0.6 is 23.2 Å². The second-order valence-corrected chi connectivity index (χ2v) is 4.38. The number of hydrogen-bond donors (Lipinski definition) is 1. The zero-order chi connectivity index (χ0) is 12.4. The molecule has 2 nitrogen and oxygen atoms in total. The third kappa shape index (κ3) is 2.68. The third-order valence-electron chi connectivity index (χ3n) is 2.27. The fourth-order valence-electron chi connectivity index (χ4n) is 1.42. The van der Waals surface area contributed by atoms with Crippen LogP contribution in [0.5, 0.6) is 0 Å². The van der Waals surface area contributed by atoms with Gasteiger partial charge in [-0.1, -0.05) is 35.3 Å². The molecule has 0 unspecified atom stereocenters. The summed E-state index contributed by atoms with van der Waals surface area (Å²) in [5, 5.41) is 3.63. The van der Waals surface area contributed by atoms with Gasteiger partial charge in [-0.3, -0.25) is 0 Å². The Bertz CT molecular complexity index is 538. The van der Waals surface area contributed by atoms with E-state index in [2.05, 4.69) is 10.3 Å². The Kier molecular flexibility index (Phi) is 3.50. The fourth-order valence-corrected chi connectivity index (χ4v) is 1.83. The molecule has 1 heterocycles. The average Bonchev–Trinajstić information content (AvgIpc) is 2.26. The smallest absolute Gasteiger partial charge is 0.167 e. The molecule has 0 radical (unpaired) electrons. The molecule has 0 atom stereocenters. The maximum Gasteiger partial charge on any atom is 0.167 e. The zero-order valence-electron chi connectivity index (χ0n) is 8.97. The van der Waals surface area contributed by atoms with Crippen molar-refractivity contribution >= 4 is 34.7 Å². The molecule has 0 saturated heterocycles. The summed E-state index contributed by atoms with van der Waals surface area (Å²) in [5.74, 6) is -0.414. The van der Waals surface area contributed by atoms with Crippen molar-refractivity contribution in [1.82, 2.24) is 4.98 Å². The normalized spacial score (nSPS) is 10.4. The maximum absolute atomic E-state index is 13.5. The van der Waals surface area contributed by atoms with Gasteiger partial charge in [0.05, 0.1) is 15.7 Å². The maximum atomic E-state index is 13.5. The Hall–Kier alpha value is -1.32. The molecular weight excluding hydrogens is 262 g/mol. The molecule has 0 amide bonds. The molecule has 17 heavy (non-hydrogen) atoms. The summed E-state index contributed by atoms with van der Waals surface area (Å²) >= 11 is 11.7. The van der Waals surface area contributed by atoms with Gasteiger partial charge in [0.15, 0.2) is 11.6 Å². The first kappa shape index (κ1) is 12.1. The lowest BCUT2D eigenvalue weighted by molar-refractivity contribution is 0.626. The first-order valence-electron chi connectivity index (χ1n) is 4.91. The lowest BCUT2D eigenvalue weighted by atomic mass is 10.2. The van der Waals surface area contributed by atoms with E-state index < -0.39 is 5.82 Å². The van der Waals surface area contributed by atoms with Crippen LogP contribution in [0.1, 0.15) is 5.56 Å². The van der Waals surface area contributed by atoms with Gasteiger partial charge in [-0.2, -0.15) is 0 Å². The molecule has 0 fully saturated rings. The van der Waals surface area contributed by atoms with Gasteiger partial charge < -0.3 is 5.32 Å². The summed E-state index contributed by atoms with van der Waals surface area (Å²) in [4.78, 5) is 3.88. The molecule has 0 aliphatic rings. The van der Waals surface area contributed by atoms with Crippen LogP contribution in [-0.4, -0.2) is 4.98 Å². The van der Waals surface area contributed by atoms with Gasteiger partial charge in [0.25, 0.3) is 0 Å². The number of halogens is 3. The summed E-state index contributed by atoms with van der Waals surface area (Å²) in [6, 6.07) is 6.63. The monoisotopic (exact) mass is 270 g/mol. The van der Waals surface area contributed by atoms with Gasteiger partial charge in [-0.15, -0.1) is 0 Å². The molecule has 0 aliphatic heterocycles. The second-order valence-electron chi connectivity index (χ2n) is 3.54. The highest BCUT2D eigenvalue weighted by Gasteiger charge is 2.09.